The number of nitrogens with zero attached hydrogens (tertiary/aromatic N) is 2. The number of methoxy groups -OCH3 is 8. The molecule has 2 aliphatic heterocycles. The molecule has 0 aliphatic carbocycles. The summed E-state index contributed by atoms with van der Waals surface area (Å²) in [5.41, 5.74) is 7.12. The van der Waals surface area contributed by atoms with Crippen LogP contribution in [0.1, 0.15) is 71.1 Å². The molecule has 4 atom stereocenters. The Bertz CT molecular complexity index is 2140. The fraction of sp³-hybridized carbons (Fsp3) is 0.500. The first-order valence-corrected chi connectivity index (χ1v) is 22.8. The van der Waals surface area contributed by atoms with Crippen LogP contribution in [0.5, 0.6) is 46.0 Å². The van der Waals surface area contributed by atoms with Crippen molar-refractivity contribution in [1.82, 2.24) is 0 Å². The van der Waals surface area contributed by atoms with E-state index in [9.17, 15) is 9.59 Å². The van der Waals surface area contributed by atoms with Gasteiger partial charge in [-0.15, -0.1) is 0 Å². The van der Waals surface area contributed by atoms with Crippen molar-refractivity contribution in [2.45, 2.75) is 63.5 Å². The Labute approximate surface area is 390 Å². The summed E-state index contributed by atoms with van der Waals surface area (Å²) in [6.45, 7) is 3.86. The standard InChI is InChI=1S/C52H70N2O12/c1-53(23-19-37-31-47(61-7)49(63-9)33-39(37)41(53)27-35-13-15-43(57-3)45(29-35)59-5)21-11-25-65-51(55)17-18-52(56)66-26-12-22-54(2)24-20-38-32-48(62-8)50(64-10)34-40(38)42(54)28-36-14-16-44(58-4)46(30-36)60-6/h13-16,29-34,41-42H,11-12,17-28H2,1-10H3/q+2. The lowest BCUT2D eigenvalue weighted by Gasteiger charge is -2.46. The Morgan fingerprint density at radius 1 is 0.470 bits per heavy atom. The molecule has 2 aliphatic rings. The van der Waals surface area contributed by atoms with Crippen LogP contribution in [0.4, 0.5) is 0 Å². The minimum atomic E-state index is -0.410. The van der Waals surface area contributed by atoms with Gasteiger partial charge in [-0.25, -0.2) is 0 Å². The van der Waals surface area contributed by atoms with Crippen molar-refractivity contribution in [3.8, 4) is 46.0 Å². The summed E-state index contributed by atoms with van der Waals surface area (Å²) in [6.07, 6.45) is 4.48. The summed E-state index contributed by atoms with van der Waals surface area (Å²) >= 11 is 0. The van der Waals surface area contributed by atoms with E-state index < -0.39 is 11.9 Å². The number of hydrogen-bond acceptors (Lipinski definition) is 12. The Kier molecular flexibility index (Phi) is 16.9. The van der Waals surface area contributed by atoms with Gasteiger partial charge in [-0.2, -0.15) is 0 Å². The molecule has 6 rings (SSSR count). The lowest BCUT2D eigenvalue weighted by molar-refractivity contribution is -0.941. The van der Waals surface area contributed by atoms with Gasteiger partial charge in [0.1, 0.15) is 12.1 Å². The fourth-order valence-corrected chi connectivity index (χ4v) is 9.89. The van der Waals surface area contributed by atoms with Gasteiger partial charge < -0.3 is 56.3 Å². The third-order valence-electron chi connectivity index (χ3n) is 13.7. The molecule has 4 unspecified atom stereocenters. The quantitative estimate of drug-likeness (QED) is 0.0412. The summed E-state index contributed by atoms with van der Waals surface area (Å²) in [7, 11) is 17.7. The Hall–Kier alpha value is -5.86. The van der Waals surface area contributed by atoms with Crippen LogP contribution in [0.2, 0.25) is 0 Å². The molecule has 0 radical (unpaired) electrons. The van der Waals surface area contributed by atoms with Crippen molar-refractivity contribution < 1.29 is 65.9 Å². The number of carbonyl (C=O) groups excluding carboxylic acids is 2. The summed E-state index contributed by atoms with van der Waals surface area (Å²) in [5.74, 6) is 4.73. The molecule has 0 amide bonds. The van der Waals surface area contributed by atoms with Gasteiger partial charge in [0, 0.05) is 49.7 Å². The normalized spacial score (nSPS) is 19.7. The largest absolute Gasteiger partial charge is 0.493 e. The lowest BCUT2D eigenvalue weighted by Crippen LogP contribution is -2.52. The highest BCUT2D eigenvalue weighted by Gasteiger charge is 2.41. The topological polar surface area (TPSA) is 126 Å². The van der Waals surface area contributed by atoms with E-state index in [4.69, 9.17) is 47.4 Å². The van der Waals surface area contributed by atoms with Crippen molar-refractivity contribution in [3.05, 3.63) is 94.0 Å². The highest BCUT2D eigenvalue weighted by molar-refractivity contribution is 5.77. The number of carbonyl (C=O) groups is 2. The summed E-state index contributed by atoms with van der Waals surface area (Å²) < 4.78 is 57.9. The summed E-state index contributed by atoms with van der Waals surface area (Å²) in [4.78, 5) is 25.8. The number of hydrogen-bond donors (Lipinski definition) is 0. The van der Waals surface area contributed by atoms with Crippen LogP contribution in [0, 0.1) is 0 Å². The molecule has 0 aromatic heterocycles. The van der Waals surface area contributed by atoms with Gasteiger partial charge in [0.05, 0.1) is 123 Å². The number of likely N-dealkylation sites (N-methyl/N-ethyl adjacent to an activating group) is 2. The van der Waals surface area contributed by atoms with E-state index in [1.54, 1.807) is 56.9 Å². The second kappa shape index (κ2) is 22.6. The van der Waals surface area contributed by atoms with Crippen LogP contribution in [-0.4, -0.2) is 131 Å². The molecule has 4 aromatic carbocycles. The number of esters is 2. The van der Waals surface area contributed by atoms with Gasteiger partial charge >= 0.3 is 11.9 Å². The first-order chi connectivity index (χ1) is 31.9. The summed E-state index contributed by atoms with van der Waals surface area (Å²) in [6, 6.07) is 20.7. The maximum atomic E-state index is 12.9. The fourth-order valence-electron chi connectivity index (χ4n) is 9.89. The molecule has 66 heavy (non-hydrogen) atoms. The molecule has 0 fully saturated rings. The van der Waals surface area contributed by atoms with E-state index in [2.05, 4.69) is 50.5 Å². The number of rotatable bonds is 23. The Morgan fingerprint density at radius 2 is 0.803 bits per heavy atom. The van der Waals surface area contributed by atoms with Crippen LogP contribution in [0.3, 0.4) is 0 Å². The first kappa shape index (κ1) is 49.6. The molecule has 14 nitrogen and oxygen atoms in total. The zero-order chi connectivity index (χ0) is 47.4. The van der Waals surface area contributed by atoms with Crippen LogP contribution >= 0.6 is 0 Å². The van der Waals surface area contributed by atoms with E-state index in [1.165, 1.54) is 22.3 Å². The molecule has 14 heteroatoms. The summed E-state index contributed by atoms with van der Waals surface area (Å²) in [5, 5.41) is 0. The average Bonchev–Trinajstić information content (AvgIpc) is 3.34. The van der Waals surface area contributed by atoms with E-state index in [1.807, 2.05) is 24.3 Å². The Morgan fingerprint density at radius 3 is 1.15 bits per heavy atom. The van der Waals surface area contributed by atoms with E-state index in [-0.39, 0.29) is 38.1 Å². The molecule has 358 valence electrons. The molecule has 2 heterocycles. The second-order valence-electron chi connectivity index (χ2n) is 17.6. The maximum Gasteiger partial charge on any atom is 0.306 e. The van der Waals surface area contributed by atoms with Gasteiger partial charge in [-0.1, -0.05) is 12.1 Å². The number of quaternary nitrogens is 2. The number of fused-ring (bicyclic) bond motifs is 2. The lowest BCUT2D eigenvalue weighted by atomic mass is 9.86. The Balaban J connectivity index is 1.01. The van der Waals surface area contributed by atoms with Crippen LogP contribution < -0.4 is 37.9 Å². The molecule has 0 N–H and O–H groups in total. The molecule has 0 saturated carbocycles. The van der Waals surface area contributed by atoms with Crippen molar-refractivity contribution >= 4 is 11.9 Å². The monoisotopic (exact) mass is 914 g/mol. The average molecular weight is 915 g/mol. The zero-order valence-corrected chi connectivity index (χ0v) is 40.6. The predicted molar refractivity (Wildman–Crippen MR) is 251 cm³/mol. The molecule has 0 bridgehead atoms. The zero-order valence-electron chi connectivity index (χ0n) is 40.6. The minimum Gasteiger partial charge on any atom is -0.493 e. The van der Waals surface area contributed by atoms with E-state index >= 15 is 0 Å². The third kappa shape index (κ3) is 11.4. The third-order valence-corrected chi connectivity index (χ3v) is 13.7. The first-order valence-electron chi connectivity index (χ1n) is 22.8. The smallest absolute Gasteiger partial charge is 0.306 e. The van der Waals surface area contributed by atoms with Gasteiger partial charge in [0.2, 0.25) is 0 Å². The van der Waals surface area contributed by atoms with Crippen molar-refractivity contribution in [3.63, 3.8) is 0 Å². The van der Waals surface area contributed by atoms with Gasteiger partial charge in [0.15, 0.2) is 46.0 Å². The molecule has 4 aromatic rings. The highest BCUT2D eigenvalue weighted by Crippen LogP contribution is 2.45. The van der Waals surface area contributed by atoms with Crippen molar-refractivity contribution in [1.29, 1.82) is 0 Å². The van der Waals surface area contributed by atoms with Gasteiger partial charge in [-0.05, 0) is 70.8 Å². The van der Waals surface area contributed by atoms with Gasteiger partial charge in [-0.3, -0.25) is 9.59 Å². The van der Waals surface area contributed by atoms with Crippen LogP contribution in [-0.2, 0) is 44.7 Å². The number of benzene rings is 4. The molecule has 0 saturated heterocycles. The van der Waals surface area contributed by atoms with Gasteiger partial charge in [0.25, 0.3) is 0 Å². The maximum absolute atomic E-state index is 12.9. The SMILES string of the molecule is COc1ccc(CC2c3cc(OC)c(OC)cc3CC[N+]2(C)CCCOC(=O)CCC(=O)OCCC[N+]2(C)CCc3cc(OC)c(OC)cc3C2Cc2ccc(OC)c(OC)c2)cc1OC. The number of ether oxygens (including phenoxy) is 10. The van der Waals surface area contributed by atoms with Crippen LogP contribution in [0.25, 0.3) is 0 Å². The molecule has 0 spiro atoms. The molecular formula is C52H70N2O12+2. The van der Waals surface area contributed by atoms with Crippen molar-refractivity contribution in [2.24, 2.45) is 0 Å². The van der Waals surface area contributed by atoms with E-state index in [0.29, 0.717) is 58.8 Å². The van der Waals surface area contributed by atoms with Crippen molar-refractivity contribution in [2.75, 3.05) is 110 Å². The minimum absolute atomic E-state index is 0.0366. The van der Waals surface area contributed by atoms with E-state index in [0.717, 1.165) is 72.0 Å². The molecular weight excluding hydrogens is 845 g/mol. The van der Waals surface area contributed by atoms with Crippen LogP contribution in [0.15, 0.2) is 60.7 Å². The predicted octanol–water partition coefficient (Wildman–Crippen LogP) is 7.68. The second-order valence-corrected chi connectivity index (χ2v) is 17.6. The highest BCUT2D eigenvalue weighted by atomic mass is 16.5.